The summed E-state index contributed by atoms with van der Waals surface area (Å²) in [4.78, 5) is 16.8. The highest BCUT2D eigenvalue weighted by molar-refractivity contribution is 8.00. The topological polar surface area (TPSA) is 68.7 Å². The van der Waals surface area contributed by atoms with Gasteiger partial charge in [0.1, 0.15) is 6.61 Å². The molecule has 4 aromatic rings. The molecule has 1 N–H and O–H groups in total. The van der Waals surface area contributed by atoms with E-state index in [0.29, 0.717) is 18.1 Å². The summed E-state index contributed by atoms with van der Waals surface area (Å²) in [5.41, 5.74) is 6.68. The predicted molar refractivity (Wildman–Crippen MR) is 131 cm³/mol. The summed E-state index contributed by atoms with van der Waals surface area (Å²) in [6.45, 7) is 2.08. The minimum Gasteiger partial charge on any atom is -0.483 e. The second-order valence-corrected chi connectivity index (χ2v) is 9.97. The number of benzene rings is 3. The Morgan fingerprint density at radius 3 is 2.70 bits per heavy atom. The second-order valence-electron chi connectivity index (χ2n) is 7.67. The van der Waals surface area contributed by atoms with Gasteiger partial charge in [0, 0.05) is 11.3 Å². The number of ether oxygens (including phenoxy) is 2. The zero-order valence-electron chi connectivity index (χ0n) is 17.9. The molecule has 5 rings (SSSR count). The average Bonchev–Trinajstić information content (AvgIpc) is 3.26. The predicted octanol–water partition coefficient (Wildman–Crippen LogP) is 6.43. The molecule has 0 radical (unpaired) electrons. The van der Waals surface area contributed by atoms with Crippen LogP contribution in [0.25, 0.3) is 22.4 Å². The van der Waals surface area contributed by atoms with Crippen LogP contribution in [0.2, 0.25) is 0 Å². The Morgan fingerprint density at radius 2 is 1.88 bits per heavy atom. The van der Waals surface area contributed by atoms with Gasteiger partial charge in [-0.25, -0.2) is 9.78 Å². The number of carboxylic acids is 1. The number of hydrogen-bond acceptors (Lipinski definition) is 6. The van der Waals surface area contributed by atoms with Gasteiger partial charge in [-0.15, -0.1) is 11.3 Å². The van der Waals surface area contributed by atoms with Gasteiger partial charge in [-0.1, -0.05) is 71.9 Å². The molecule has 1 aliphatic heterocycles. The lowest BCUT2D eigenvalue weighted by Crippen LogP contribution is -2.11. The quantitative estimate of drug-likeness (QED) is 0.311. The monoisotopic (exact) mass is 475 g/mol. The van der Waals surface area contributed by atoms with Crippen molar-refractivity contribution in [3.8, 4) is 33.9 Å². The summed E-state index contributed by atoms with van der Waals surface area (Å²) in [7, 11) is 0. The largest absolute Gasteiger partial charge is 0.483 e. The number of thioether (sulfide) groups is 1. The van der Waals surface area contributed by atoms with Gasteiger partial charge in [0.2, 0.25) is 0 Å². The van der Waals surface area contributed by atoms with Gasteiger partial charge in [0.05, 0.1) is 10.6 Å². The molecule has 0 fully saturated rings. The number of carboxylic acid groups (broad SMARTS) is 1. The van der Waals surface area contributed by atoms with Gasteiger partial charge >= 0.3 is 5.97 Å². The van der Waals surface area contributed by atoms with Crippen molar-refractivity contribution < 1.29 is 19.4 Å². The van der Waals surface area contributed by atoms with Crippen molar-refractivity contribution in [1.82, 2.24) is 4.98 Å². The molecule has 0 bridgehead atoms. The molecule has 166 valence electrons. The van der Waals surface area contributed by atoms with Crippen LogP contribution in [0.5, 0.6) is 11.5 Å². The van der Waals surface area contributed by atoms with Crippen LogP contribution in [0.4, 0.5) is 0 Å². The number of aryl methyl sites for hydroxylation is 1. The Morgan fingerprint density at radius 1 is 1.09 bits per heavy atom. The summed E-state index contributed by atoms with van der Waals surface area (Å²) < 4.78 is 12.3. The fourth-order valence-electron chi connectivity index (χ4n) is 3.74. The fourth-order valence-corrected chi connectivity index (χ4v) is 5.86. The van der Waals surface area contributed by atoms with E-state index in [0.717, 1.165) is 26.2 Å². The van der Waals surface area contributed by atoms with Crippen molar-refractivity contribution in [3.05, 3.63) is 82.7 Å². The Hall–Kier alpha value is -3.29. The van der Waals surface area contributed by atoms with Crippen molar-refractivity contribution in [1.29, 1.82) is 0 Å². The van der Waals surface area contributed by atoms with Gasteiger partial charge < -0.3 is 14.6 Å². The number of rotatable bonds is 7. The highest BCUT2D eigenvalue weighted by Crippen LogP contribution is 2.46. The number of aliphatic carboxylic acids is 1. The van der Waals surface area contributed by atoms with E-state index < -0.39 is 12.6 Å². The van der Waals surface area contributed by atoms with Gasteiger partial charge in [0.15, 0.2) is 22.4 Å². The third kappa shape index (κ3) is 4.60. The van der Waals surface area contributed by atoms with E-state index in [4.69, 9.17) is 19.6 Å². The van der Waals surface area contributed by atoms with Crippen LogP contribution in [0, 0.1) is 6.92 Å². The van der Waals surface area contributed by atoms with Crippen LogP contribution in [-0.4, -0.2) is 22.7 Å². The van der Waals surface area contributed by atoms with E-state index in [1.54, 1.807) is 29.2 Å². The molecule has 2 heterocycles. The van der Waals surface area contributed by atoms with Crippen molar-refractivity contribution in [3.63, 3.8) is 0 Å². The lowest BCUT2D eigenvalue weighted by atomic mass is 10.00. The van der Waals surface area contributed by atoms with Gasteiger partial charge in [0.25, 0.3) is 0 Å². The number of carbonyl (C=O) groups is 1. The molecule has 0 saturated heterocycles. The van der Waals surface area contributed by atoms with Crippen LogP contribution in [0.3, 0.4) is 0 Å². The Labute approximate surface area is 200 Å². The van der Waals surface area contributed by atoms with Crippen LogP contribution in [-0.2, 0) is 17.2 Å². The first-order valence-corrected chi connectivity index (χ1v) is 12.3. The van der Waals surface area contributed by atoms with E-state index in [2.05, 4.69) is 55.5 Å². The van der Waals surface area contributed by atoms with Crippen molar-refractivity contribution in [2.24, 2.45) is 0 Å². The summed E-state index contributed by atoms with van der Waals surface area (Å²) >= 11 is 3.35. The lowest BCUT2D eigenvalue weighted by molar-refractivity contribution is -0.139. The molecule has 0 aliphatic carbocycles. The molecule has 0 unspecified atom stereocenters. The maximum atomic E-state index is 10.9. The number of fused-ring (bicyclic) bond motifs is 3. The van der Waals surface area contributed by atoms with E-state index >= 15 is 0 Å². The van der Waals surface area contributed by atoms with Crippen molar-refractivity contribution >= 4 is 29.1 Å². The maximum absolute atomic E-state index is 10.9. The third-order valence-corrected chi connectivity index (χ3v) is 7.56. The number of para-hydroxylation sites is 1. The van der Waals surface area contributed by atoms with Gasteiger partial charge in [-0.3, -0.25) is 0 Å². The first-order chi connectivity index (χ1) is 16.1. The summed E-state index contributed by atoms with van der Waals surface area (Å²) in [6, 6.07) is 22.6. The molecule has 0 spiro atoms. The number of hydrogen-bond donors (Lipinski definition) is 1. The first kappa shape index (κ1) is 21.6. The number of thiazole rings is 1. The van der Waals surface area contributed by atoms with Crippen LogP contribution in [0.1, 0.15) is 16.0 Å². The normalized spacial score (nSPS) is 11.9. The molecule has 5 nitrogen and oxygen atoms in total. The highest BCUT2D eigenvalue weighted by Gasteiger charge is 2.25. The molecule has 1 aliphatic rings. The molecular formula is C26H21NO4S2. The average molecular weight is 476 g/mol. The minimum atomic E-state index is -1.03. The van der Waals surface area contributed by atoms with E-state index in [9.17, 15) is 4.79 Å². The molecule has 33 heavy (non-hydrogen) atoms. The van der Waals surface area contributed by atoms with Crippen molar-refractivity contribution in [2.75, 3.05) is 6.61 Å². The van der Waals surface area contributed by atoms with Crippen LogP contribution >= 0.6 is 23.1 Å². The van der Waals surface area contributed by atoms with Crippen molar-refractivity contribution in [2.45, 2.75) is 23.6 Å². The second kappa shape index (κ2) is 9.29. The highest BCUT2D eigenvalue weighted by atomic mass is 32.2. The Kier molecular flexibility index (Phi) is 6.07. The zero-order valence-corrected chi connectivity index (χ0v) is 19.5. The lowest BCUT2D eigenvalue weighted by Gasteiger charge is -2.19. The molecule has 0 saturated carbocycles. The Balaban J connectivity index is 1.37. The third-order valence-electron chi connectivity index (χ3n) is 5.34. The minimum absolute atomic E-state index is 0.397. The molecule has 0 atom stereocenters. The maximum Gasteiger partial charge on any atom is 0.341 e. The van der Waals surface area contributed by atoms with E-state index in [1.165, 1.54) is 22.3 Å². The fraction of sp³-hybridized carbons (Fsp3) is 0.154. The standard InChI is InChI=1S/C26H21NO4S2/c1-16-9-11-17(12-10-16)19-6-3-2-5-18(19)15-32-26-27-24-20-7-4-8-21(30-14-23(28)29)25(20)31-13-22(24)33-26/h2-12H,13-15H2,1H3,(H,28,29). The zero-order chi connectivity index (χ0) is 22.8. The first-order valence-electron chi connectivity index (χ1n) is 10.5. The van der Waals surface area contributed by atoms with Crippen LogP contribution < -0.4 is 9.47 Å². The number of aromatic nitrogens is 1. The summed E-state index contributed by atoms with van der Waals surface area (Å²) in [5, 5.41) is 8.92. The molecule has 0 amide bonds. The van der Waals surface area contributed by atoms with Crippen LogP contribution in [0.15, 0.2) is 71.1 Å². The molecular weight excluding hydrogens is 454 g/mol. The van der Waals surface area contributed by atoms with Gasteiger partial charge in [-0.2, -0.15) is 0 Å². The molecule has 3 aromatic carbocycles. The van der Waals surface area contributed by atoms with E-state index in [1.807, 2.05) is 12.1 Å². The smallest absolute Gasteiger partial charge is 0.341 e. The SMILES string of the molecule is Cc1ccc(-c2ccccc2CSc2nc3c(s2)COc2c(OCC(=O)O)cccc2-3)cc1. The number of nitrogens with zero attached hydrogens (tertiary/aromatic N) is 1. The molecule has 1 aromatic heterocycles. The molecule has 7 heteroatoms. The summed E-state index contributed by atoms with van der Waals surface area (Å²) in [6.07, 6.45) is 0. The van der Waals surface area contributed by atoms with E-state index in [-0.39, 0.29) is 0 Å². The Bertz CT molecular complexity index is 1310. The van der Waals surface area contributed by atoms with Gasteiger partial charge in [-0.05, 0) is 35.7 Å². The summed E-state index contributed by atoms with van der Waals surface area (Å²) in [5.74, 6) is 0.765.